The highest BCUT2D eigenvalue weighted by Gasteiger charge is 2.27. The average Bonchev–Trinajstić information content (AvgIpc) is 2.79. The lowest BCUT2D eigenvalue weighted by Crippen LogP contribution is -2.38. The van der Waals surface area contributed by atoms with Crippen molar-refractivity contribution in [2.24, 2.45) is 0 Å². The summed E-state index contributed by atoms with van der Waals surface area (Å²) in [5.74, 6) is -1.76. The van der Waals surface area contributed by atoms with E-state index >= 15 is 0 Å². The molecule has 3 aromatic rings. The predicted octanol–water partition coefficient (Wildman–Crippen LogP) is 6.22. The summed E-state index contributed by atoms with van der Waals surface area (Å²) < 4.78 is 40.7. The number of halogens is 4. The molecule has 32 heavy (non-hydrogen) atoms. The van der Waals surface area contributed by atoms with Crippen LogP contribution >= 0.6 is 11.6 Å². The molecule has 4 rings (SSSR count). The van der Waals surface area contributed by atoms with E-state index in [2.05, 4.69) is 10.3 Å². The molecule has 1 aliphatic heterocycles. The van der Waals surface area contributed by atoms with Crippen molar-refractivity contribution >= 4 is 28.9 Å². The lowest BCUT2D eigenvalue weighted by Gasteiger charge is -2.33. The van der Waals surface area contributed by atoms with Gasteiger partial charge in [0.1, 0.15) is 22.6 Å². The molecular formula is C24H21ClF3N3O. The minimum absolute atomic E-state index is 0.0286. The number of pyridine rings is 1. The normalized spacial score (nSPS) is 14.5. The second-order valence-corrected chi connectivity index (χ2v) is 8.19. The highest BCUT2D eigenvalue weighted by Crippen LogP contribution is 2.33. The minimum Gasteiger partial charge on any atom is -0.352 e. The molecular weight excluding hydrogens is 439 g/mol. The van der Waals surface area contributed by atoms with E-state index in [0.717, 1.165) is 30.5 Å². The third-order valence-electron chi connectivity index (χ3n) is 5.81. The molecule has 1 fully saturated rings. The van der Waals surface area contributed by atoms with Crippen LogP contribution in [0.25, 0.3) is 0 Å². The number of carbonyl (C=O) groups is 1. The Balaban J connectivity index is 1.55. The van der Waals surface area contributed by atoms with Gasteiger partial charge in [0.2, 0.25) is 0 Å². The molecule has 0 atom stereocenters. The first-order valence-corrected chi connectivity index (χ1v) is 10.6. The first-order valence-electron chi connectivity index (χ1n) is 10.3. The highest BCUT2D eigenvalue weighted by molar-refractivity contribution is 6.30. The van der Waals surface area contributed by atoms with E-state index in [4.69, 9.17) is 11.6 Å². The number of hydrogen-bond acceptors (Lipinski definition) is 3. The van der Waals surface area contributed by atoms with Crippen molar-refractivity contribution in [1.29, 1.82) is 0 Å². The highest BCUT2D eigenvalue weighted by atomic mass is 35.5. The summed E-state index contributed by atoms with van der Waals surface area (Å²) in [6.45, 7) is 2.72. The number of amides is 1. The first kappa shape index (κ1) is 22.1. The maximum atomic E-state index is 14.2. The van der Waals surface area contributed by atoms with Gasteiger partial charge in [0.25, 0.3) is 5.91 Å². The van der Waals surface area contributed by atoms with E-state index in [0.29, 0.717) is 24.3 Å². The van der Waals surface area contributed by atoms with E-state index in [1.165, 1.54) is 24.4 Å². The Kier molecular flexibility index (Phi) is 6.37. The second-order valence-electron chi connectivity index (χ2n) is 7.83. The van der Waals surface area contributed by atoms with Crippen molar-refractivity contribution in [2.75, 3.05) is 18.4 Å². The molecule has 1 saturated heterocycles. The van der Waals surface area contributed by atoms with Crippen molar-refractivity contribution in [3.63, 3.8) is 0 Å². The molecule has 1 aromatic heterocycles. The van der Waals surface area contributed by atoms with Gasteiger partial charge in [-0.15, -0.1) is 0 Å². The molecule has 0 spiro atoms. The minimum atomic E-state index is -0.782. The molecule has 1 aliphatic rings. The second kappa shape index (κ2) is 9.20. The van der Waals surface area contributed by atoms with Gasteiger partial charge < -0.3 is 10.2 Å². The molecule has 4 nitrogen and oxygen atoms in total. The lowest BCUT2D eigenvalue weighted by atomic mass is 9.89. The van der Waals surface area contributed by atoms with Crippen LogP contribution in [0.5, 0.6) is 0 Å². The van der Waals surface area contributed by atoms with Gasteiger partial charge in [0, 0.05) is 30.9 Å². The first-order chi connectivity index (χ1) is 15.3. The van der Waals surface area contributed by atoms with Gasteiger partial charge in [-0.2, -0.15) is 0 Å². The summed E-state index contributed by atoms with van der Waals surface area (Å²) >= 11 is 6.15. The van der Waals surface area contributed by atoms with E-state index in [1.807, 2.05) is 0 Å². The van der Waals surface area contributed by atoms with Crippen molar-refractivity contribution in [2.45, 2.75) is 25.7 Å². The molecule has 0 aliphatic carbocycles. The standard InChI is InChI=1S/C24H21ClF3N3O/c1-14-22(30-21-7-6-18(27)12-20(21)28)19(13-29-23(14)25)24(32)31-10-8-16(9-11-31)15-2-4-17(26)5-3-15/h2-7,12-13,16H,8-11H2,1H3,(H,29,30). The maximum Gasteiger partial charge on any atom is 0.257 e. The maximum absolute atomic E-state index is 14.2. The molecule has 2 aromatic carbocycles. The van der Waals surface area contributed by atoms with E-state index in [9.17, 15) is 18.0 Å². The summed E-state index contributed by atoms with van der Waals surface area (Å²) in [4.78, 5) is 19.1. The quantitative estimate of drug-likeness (QED) is 0.471. The van der Waals surface area contributed by atoms with Crippen molar-refractivity contribution in [1.82, 2.24) is 9.88 Å². The molecule has 8 heteroatoms. The summed E-state index contributed by atoms with van der Waals surface area (Å²) in [6, 6.07) is 9.61. The van der Waals surface area contributed by atoms with Crippen LogP contribution in [0, 0.1) is 24.4 Å². The number of carbonyl (C=O) groups excluding carboxylic acids is 1. The summed E-state index contributed by atoms with van der Waals surface area (Å²) in [7, 11) is 0. The number of aromatic nitrogens is 1. The topological polar surface area (TPSA) is 45.2 Å². The van der Waals surface area contributed by atoms with Crippen LogP contribution in [0.4, 0.5) is 24.5 Å². The van der Waals surface area contributed by atoms with Gasteiger partial charge in [-0.05, 0) is 55.5 Å². The van der Waals surface area contributed by atoms with E-state index in [1.54, 1.807) is 24.0 Å². The number of rotatable bonds is 4. The van der Waals surface area contributed by atoms with Crippen LogP contribution in [0.1, 0.15) is 40.2 Å². The van der Waals surface area contributed by atoms with Gasteiger partial charge in [-0.25, -0.2) is 18.2 Å². The number of nitrogens with zero attached hydrogens (tertiary/aromatic N) is 2. The largest absolute Gasteiger partial charge is 0.352 e. The van der Waals surface area contributed by atoms with Crippen LogP contribution in [0.15, 0.2) is 48.7 Å². The Hall–Kier alpha value is -3.06. The van der Waals surface area contributed by atoms with Gasteiger partial charge in [0.15, 0.2) is 0 Å². The van der Waals surface area contributed by atoms with Crippen LogP contribution in [0.3, 0.4) is 0 Å². The van der Waals surface area contributed by atoms with Crippen LogP contribution in [-0.4, -0.2) is 28.9 Å². The Morgan fingerprint density at radius 1 is 1.06 bits per heavy atom. The molecule has 0 unspecified atom stereocenters. The Bertz CT molecular complexity index is 1150. The fourth-order valence-electron chi connectivity index (χ4n) is 3.96. The zero-order valence-corrected chi connectivity index (χ0v) is 18.1. The Morgan fingerprint density at radius 3 is 2.38 bits per heavy atom. The summed E-state index contributed by atoms with van der Waals surface area (Å²) in [6.07, 6.45) is 2.85. The monoisotopic (exact) mass is 459 g/mol. The van der Waals surface area contributed by atoms with Crippen molar-refractivity contribution < 1.29 is 18.0 Å². The number of piperidine rings is 1. The van der Waals surface area contributed by atoms with Crippen LogP contribution < -0.4 is 5.32 Å². The third-order valence-corrected chi connectivity index (χ3v) is 6.19. The average molecular weight is 460 g/mol. The molecule has 0 bridgehead atoms. The number of benzene rings is 2. The van der Waals surface area contributed by atoms with Gasteiger partial charge in [-0.1, -0.05) is 23.7 Å². The van der Waals surface area contributed by atoms with Gasteiger partial charge >= 0.3 is 0 Å². The molecule has 2 heterocycles. The van der Waals surface area contributed by atoms with E-state index in [-0.39, 0.29) is 34.0 Å². The number of nitrogens with one attached hydrogen (secondary N) is 1. The Morgan fingerprint density at radius 2 is 1.72 bits per heavy atom. The SMILES string of the molecule is Cc1c(Cl)ncc(C(=O)N2CCC(c3ccc(F)cc3)CC2)c1Nc1ccc(F)cc1F. The number of hydrogen-bond donors (Lipinski definition) is 1. The predicted molar refractivity (Wildman–Crippen MR) is 118 cm³/mol. The molecule has 1 N–H and O–H groups in total. The summed E-state index contributed by atoms with van der Waals surface area (Å²) in [5, 5.41) is 3.07. The van der Waals surface area contributed by atoms with Crippen molar-refractivity contribution in [3.8, 4) is 0 Å². The van der Waals surface area contributed by atoms with Gasteiger partial charge in [-0.3, -0.25) is 4.79 Å². The zero-order valence-electron chi connectivity index (χ0n) is 17.3. The fraction of sp³-hybridized carbons (Fsp3) is 0.250. The number of anilines is 2. The zero-order chi connectivity index (χ0) is 22.8. The smallest absolute Gasteiger partial charge is 0.257 e. The molecule has 0 saturated carbocycles. The lowest BCUT2D eigenvalue weighted by molar-refractivity contribution is 0.0713. The molecule has 0 radical (unpaired) electrons. The van der Waals surface area contributed by atoms with E-state index < -0.39 is 11.6 Å². The third kappa shape index (κ3) is 4.58. The fourth-order valence-corrected chi connectivity index (χ4v) is 4.10. The van der Waals surface area contributed by atoms with Gasteiger partial charge in [0.05, 0.1) is 16.9 Å². The van der Waals surface area contributed by atoms with Crippen LogP contribution in [-0.2, 0) is 0 Å². The molecule has 166 valence electrons. The van der Waals surface area contributed by atoms with Crippen LogP contribution in [0.2, 0.25) is 5.15 Å². The summed E-state index contributed by atoms with van der Waals surface area (Å²) in [5.41, 5.74) is 2.16. The number of likely N-dealkylation sites (tertiary alicyclic amines) is 1. The Labute approximate surface area is 189 Å². The van der Waals surface area contributed by atoms with Crippen molar-refractivity contribution in [3.05, 3.63) is 88.0 Å². The molecule has 1 amide bonds.